The van der Waals surface area contributed by atoms with Crippen molar-refractivity contribution < 1.29 is 0 Å². The maximum absolute atomic E-state index is 6.18. The molecular weight excluding hydrogens is 348 g/mol. The van der Waals surface area contributed by atoms with E-state index >= 15 is 0 Å². The molecule has 0 fully saturated rings. The molecule has 106 valence electrons. The molecule has 21 heavy (non-hydrogen) atoms. The van der Waals surface area contributed by atoms with E-state index in [1.165, 1.54) is 10.8 Å². The Labute approximate surface area is 137 Å². The summed E-state index contributed by atoms with van der Waals surface area (Å²) in [7, 11) is 0. The molecule has 0 radical (unpaired) electrons. The van der Waals surface area contributed by atoms with Crippen LogP contribution in [0.1, 0.15) is 17.2 Å². The summed E-state index contributed by atoms with van der Waals surface area (Å²) in [4.78, 5) is 0. The molecule has 3 aromatic carbocycles. The average Bonchev–Trinajstić information content (AvgIpc) is 2.51. The summed E-state index contributed by atoms with van der Waals surface area (Å²) in [6, 6.07) is 20.4. The highest BCUT2D eigenvalue weighted by atomic mass is 79.9. The van der Waals surface area contributed by atoms with Gasteiger partial charge in [-0.25, -0.2) is 5.43 Å². The van der Waals surface area contributed by atoms with E-state index in [9.17, 15) is 0 Å². The highest BCUT2D eigenvalue weighted by Gasteiger charge is 2.14. The summed E-state index contributed by atoms with van der Waals surface area (Å²) in [6.45, 7) is 0. The molecule has 0 saturated heterocycles. The first-order valence-electron chi connectivity index (χ1n) is 6.59. The second-order valence-electron chi connectivity index (χ2n) is 4.88. The minimum absolute atomic E-state index is 0.0970. The summed E-state index contributed by atoms with van der Waals surface area (Å²) in [5.41, 5.74) is 5.01. The number of hydrazine groups is 1. The van der Waals surface area contributed by atoms with Crippen molar-refractivity contribution in [2.24, 2.45) is 5.84 Å². The van der Waals surface area contributed by atoms with Crippen LogP contribution in [0.4, 0.5) is 0 Å². The predicted molar refractivity (Wildman–Crippen MR) is 92.3 cm³/mol. The lowest BCUT2D eigenvalue weighted by molar-refractivity contribution is 0.637. The zero-order chi connectivity index (χ0) is 14.8. The van der Waals surface area contributed by atoms with Crippen molar-refractivity contribution in [3.05, 3.63) is 81.3 Å². The molecule has 0 bridgehead atoms. The van der Waals surface area contributed by atoms with E-state index in [4.69, 9.17) is 17.4 Å². The number of fused-ring (bicyclic) bond motifs is 1. The molecule has 0 heterocycles. The lowest BCUT2D eigenvalue weighted by Gasteiger charge is -2.18. The van der Waals surface area contributed by atoms with Gasteiger partial charge in [-0.1, -0.05) is 54.1 Å². The number of nitrogens with two attached hydrogens (primary N) is 1. The Balaban J connectivity index is 2.06. The summed E-state index contributed by atoms with van der Waals surface area (Å²) in [5.74, 6) is 5.76. The third kappa shape index (κ3) is 2.97. The van der Waals surface area contributed by atoms with Crippen molar-refractivity contribution in [2.75, 3.05) is 0 Å². The average molecular weight is 362 g/mol. The molecule has 0 aliphatic heterocycles. The molecule has 3 aromatic rings. The van der Waals surface area contributed by atoms with Crippen LogP contribution in [0.3, 0.4) is 0 Å². The van der Waals surface area contributed by atoms with Gasteiger partial charge in [0.2, 0.25) is 0 Å². The Bertz CT molecular complexity index is 789. The predicted octanol–water partition coefficient (Wildman–Crippen LogP) is 4.81. The van der Waals surface area contributed by atoms with Gasteiger partial charge in [-0.05, 0) is 56.0 Å². The van der Waals surface area contributed by atoms with Gasteiger partial charge < -0.3 is 0 Å². The third-order valence-electron chi connectivity index (χ3n) is 3.55. The molecule has 4 heteroatoms. The van der Waals surface area contributed by atoms with Crippen molar-refractivity contribution in [1.82, 2.24) is 5.43 Å². The van der Waals surface area contributed by atoms with Gasteiger partial charge >= 0.3 is 0 Å². The van der Waals surface area contributed by atoms with Crippen LogP contribution in [0.2, 0.25) is 5.02 Å². The third-order valence-corrected chi connectivity index (χ3v) is 4.78. The van der Waals surface area contributed by atoms with Gasteiger partial charge in [-0.2, -0.15) is 0 Å². The fourth-order valence-corrected chi connectivity index (χ4v) is 2.90. The fourth-order valence-electron chi connectivity index (χ4n) is 2.46. The van der Waals surface area contributed by atoms with Crippen LogP contribution >= 0.6 is 27.5 Å². The largest absolute Gasteiger partial charge is 0.271 e. The Hall–Kier alpha value is -1.39. The summed E-state index contributed by atoms with van der Waals surface area (Å²) >= 11 is 9.59. The van der Waals surface area contributed by atoms with Crippen LogP contribution in [0, 0.1) is 0 Å². The van der Waals surface area contributed by atoms with Crippen molar-refractivity contribution in [3.8, 4) is 0 Å². The van der Waals surface area contributed by atoms with Gasteiger partial charge in [0.25, 0.3) is 0 Å². The minimum Gasteiger partial charge on any atom is -0.271 e. The maximum atomic E-state index is 6.18. The van der Waals surface area contributed by atoms with Crippen LogP contribution in [-0.2, 0) is 0 Å². The van der Waals surface area contributed by atoms with E-state index < -0.39 is 0 Å². The second kappa shape index (κ2) is 6.16. The number of halogens is 2. The second-order valence-corrected chi connectivity index (χ2v) is 6.14. The first kappa shape index (κ1) is 14.5. The molecule has 0 amide bonds. The van der Waals surface area contributed by atoms with Crippen molar-refractivity contribution in [2.45, 2.75) is 6.04 Å². The molecule has 1 unspecified atom stereocenters. The quantitative estimate of drug-likeness (QED) is 0.519. The highest BCUT2D eigenvalue weighted by molar-refractivity contribution is 9.10. The van der Waals surface area contributed by atoms with E-state index in [1.807, 2.05) is 30.3 Å². The molecule has 0 aliphatic rings. The molecule has 0 saturated carbocycles. The Kier molecular flexibility index (Phi) is 4.27. The minimum atomic E-state index is -0.0970. The number of benzene rings is 3. The van der Waals surface area contributed by atoms with Gasteiger partial charge in [-0.3, -0.25) is 5.84 Å². The Morgan fingerprint density at radius 1 is 0.905 bits per heavy atom. The van der Waals surface area contributed by atoms with Crippen LogP contribution < -0.4 is 11.3 Å². The number of nitrogens with one attached hydrogen (secondary N) is 1. The van der Waals surface area contributed by atoms with Crippen molar-refractivity contribution >= 4 is 38.3 Å². The molecule has 0 spiro atoms. The standard InChI is InChI=1S/C17H14BrClN2/c18-15-8-7-14(10-16(15)19)17(21-20)13-6-5-11-3-1-2-4-12(11)9-13/h1-10,17,21H,20H2. The normalized spacial score (nSPS) is 12.5. The van der Waals surface area contributed by atoms with Crippen LogP contribution in [-0.4, -0.2) is 0 Å². The number of rotatable bonds is 3. The lowest BCUT2D eigenvalue weighted by Crippen LogP contribution is -2.28. The molecule has 3 N–H and O–H groups in total. The van der Waals surface area contributed by atoms with E-state index in [0.29, 0.717) is 5.02 Å². The van der Waals surface area contributed by atoms with Crippen molar-refractivity contribution in [3.63, 3.8) is 0 Å². The van der Waals surface area contributed by atoms with Crippen LogP contribution in [0.25, 0.3) is 10.8 Å². The van der Waals surface area contributed by atoms with Crippen LogP contribution in [0.15, 0.2) is 65.1 Å². The lowest BCUT2D eigenvalue weighted by atomic mass is 9.97. The molecule has 2 nitrogen and oxygen atoms in total. The van der Waals surface area contributed by atoms with Gasteiger partial charge in [-0.15, -0.1) is 0 Å². The molecule has 0 aromatic heterocycles. The number of hydrogen-bond acceptors (Lipinski definition) is 2. The maximum Gasteiger partial charge on any atom is 0.0710 e. The van der Waals surface area contributed by atoms with Gasteiger partial charge in [0.15, 0.2) is 0 Å². The zero-order valence-electron chi connectivity index (χ0n) is 11.2. The zero-order valence-corrected chi connectivity index (χ0v) is 13.5. The van der Waals surface area contributed by atoms with E-state index in [1.54, 1.807) is 0 Å². The molecule has 0 aliphatic carbocycles. The highest BCUT2D eigenvalue weighted by Crippen LogP contribution is 2.30. The first-order valence-corrected chi connectivity index (χ1v) is 7.76. The fraction of sp³-hybridized carbons (Fsp3) is 0.0588. The Morgan fingerprint density at radius 2 is 1.57 bits per heavy atom. The van der Waals surface area contributed by atoms with Gasteiger partial charge in [0, 0.05) is 4.47 Å². The van der Waals surface area contributed by atoms with Gasteiger partial charge in [0.1, 0.15) is 0 Å². The van der Waals surface area contributed by atoms with Gasteiger partial charge in [0.05, 0.1) is 11.1 Å². The first-order chi connectivity index (χ1) is 10.2. The molecular formula is C17H14BrClN2. The summed E-state index contributed by atoms with van der Waals surface area (Å²) in [5, 5.41) is 3.08. The smallest absolute Gasteiger partial charge is 0.0710 e. The van der Waals surface area contributed by atoms with Crippen LogP contribution in [0.5, 0.6) is 0 Å². The van der Waals surface area contributed by atoms with E-state index in [-0.39, 0.29) is 6.04 Å². The van der Waals surface area contributed by atoms with Crippen molar-refractivity contribution in [1.29, 1.82) is 0 Å². The molecule has 1 atom stereocenters. The SMILES string of the molecule is NNC(c1ccc(Br)c(Cl)c1)c1ccc2ccccc2c1. The number of hydrogen-bond donors (Lipinski definition) is 2. The summed E-state index contributed by atoms with van der Waals surface area (Å²) < 4.78 is 0.877. The molecule has 3 rings (SSSR count). The monoisotopic (exact) mass is 360 g/mol. The topological polar surface area (TPSA) is 38.0 Å². The summed E-state index contributed by atoms with van der Waals surface area (Å²) in [6.07, 6.45) is 0. The van der Waals surface area contributed by atoms with E-state index in [2.05, 4.69) is 51.7 Å². The van der Waals surface area contributed by atoms with E-state index in [0.717, 1.165) is 15.6 Å². The Morgan fingerprint density at radius 3 is 2.29 bits per heavy atom.